The third-order valence-electron chi connectivity index (χ3n) is 4.91. The molecule has 2 bridgehead atoms. The van der Waals surface area contributed by atoms with Crippen LogP contribution in [0.25, 0.3) is 0 Å². The maximum absolute atomic E-state index is 11.7. The average molecular weight is 268 g/mol. The van der Waals surface area contributed by atoms with E-state index in [1.807, 2.05) is 13.8 Å². The first-order valence-electron chi connectivity index (χ1n) is 7.48. The number of nitrogens with zero attached hydrogens (tertiary/aromatic N) is 1. The van der Waals surface area contributed by atoms with Crippen molar-refractivity contribution in [1.82, 2.24) is 10.2 Å². The topological polar surface area (TPSA) is 41.6 Å². The number of ether oxygens (including phenoxy) is 1. The van der Waals surface area contributed by atoms with Crippen LogP contribution < -0.4 is 5.32 Å². The van der Waals surface area contributed by atoms with Gasteiger partial charge in [0.05, 0.1) is 12.5 Å². The van der Waals surface area contributed by atoms with E-state index in [9.17, 15) is 4.79 Å². The molecule has 2 aliphatic rings. The largest absolute Gasteiger partial charge is 0.469 e. The van der Waals surface area contributed by atoms with Crippen molar-refractivity contribution >= 4 is 5.97 Å². The van der Waals surface area contributed by atoms with E-state index in [0.717, 1.165) is 12.1 Å². The van der Waals surface area contributed by atoms with Crippen molar-refractivity contribution in [1.29, 1.82) is 0 Å². The zero-order chi connectivity index (χ0) is 14.0. The second kappa shape index (κ2) is 5.80. The lowest BCUT2D eigenvalue weighted by molar-refractivity contribution is -0.150. The summed E-state index contributed by atoms with van der Waals surface area (Å²) in [5.74, 6) is -0.131. The number of hydrogen-bond acceptors (Lipinski definition) is 4. The lowest BCUT2D eigenvalue weighted by atomic mass is 9.82. The van der Waals surface area contributed by atoms with Gasteiger partial charge >= 0.3 is 5.97 Å². The minimum Gasteiger partial charge on any atom is -0.469 e. The molecular formula is C15H28N2O2. The summed E-state index contributed by atoms with van der Waals surface area (Å²) in [4.78, 5) is 14.2. The van der Waals surface area contributed by atoms with Crippen molar-refractivity contribution in [2.45, 2.75) is 64.1 Å². The first kappa shape index (κ1) is 14.8. The zero-order valence-corrected chi connectivity index (χ0v) is 12.7. The van der Waals surface area contributed by atoms with Crippen LogP contribution in [0.2, 0.25) is 0 Å². The molecule has 19 heavy (non-hydrogen) atoms. The van der Waals surface area contributed by atoms with E-state index < -0.39 is 5.41 Å². The Morgan fingerprint density at radius 2 is 1.89 bits per heavy atom. The van der Waals surface area contributed by atoms with Gasteiger partial charge < -0.3 is 15.0 Å². The molecule has 110 valence electrons. The molecule has 2 fully saturated rings. The van der Waals surface area contributed by atoms with Crippen LogP contribution in [0.3, 0.4) is 0 Å². The number of nitrogens with one attached hydrogen (secondary N) is 1. The number of rotatable bonds is 4. The molecule has 2 atom stereocenters. The standard InChI is InChI=1S/C15H28N2O2/c1-15(2,14(18)19-4)10-16-11-8-12-6-5-7-13(9-11)17(12)3/h11-13,16H,5-10H2,1-4H3. The molecular weight excluding hydrogens is 240 g/mol. The fourth-order valence-corrected chi connectivity index (χ4v) is 3.53. The summed E-state index contributed by atoms with van der Waals surface area (Å²) in [5.41, 5.74) is -0.437. The monoisotopic (exact) mass is 268 g/mol. The van der Waals surface area contributed by atoms with E-state index >= 15 is 0 Å². The Bertz CT molecular complexity index is 316. The van der Waals surface area contributed by atoms with Gasteiger partial charge in [-0.25, -0.2) is 0 Å². The van der Waals surface area contributed by atoms with E-state index in [-0.39, 0.29) is 5.97 Å². The smallest absolute Gasteiger partial charge is 0.312 e. The molecule has 0 spiro atoms. The molecule has 0 aliphatic carbocycles. The van der Waals surface area contributed by atoms with E-state index in [0.29, 0.717) is 12.6 Å². The highest BCUT2D eigenvalue weighted by Gasteiger charge is 2.37. The number of hydrogen-bond donors (Lipinski definition) is 1. The highest BCUT2D eigenvalue weighted by atomic mass is 16.5. The number of fused-ring (bicyclic) bond motifs is 2. The molecule has 0 aromatic rings. The van der Waals surface area contributed by atoms with Crippen LogP contribution in [0.5, 0.6) is 0 Å². The van der Waals surface area contributed by atoms with E-state index in [1.54, 1.807) is 0 Å². The summed E-state index contributed by atoms with van der Waals surface area (Å²) >= 11 is 0. The zero-order valence-electron chi connectivity index (χ0n) is 12.7. The van der Waals surface area contributed by atoms with Gasteiger partial charge in [0.25, 0.3) is 0 Å². The number of esters is 1. The Balaban J connectivity index is 1.86. The Labute approximate surface area is 116 Å². The van der Waals surface area contributed by atoms with Crippen molar-refractivity contribution in [3.63, 3.8) is 0 Å². The van der Waals surface area contributed by atoms with Gasteiger partial charge in [-0.3, -0.25) is 4.79 Å². The number of methoxy groups -OCH3 is 1. The number of carbonyl (C=O) groups is 1. The second-order valence-electron chi connectivity index (χ2n) is 6.83. The second-order valence-corrected chi connectivity index (χ2v) is 6.83. The first-order chi connectivity index (χ1) is 8.94. The number of carbonyl (C=O) groups excluding carboxylic acids is 1. The van der Waals surface area contributed by atoms with Crippen LogP contribution in [0.1, 0.15) is 46.0 Å². The highest BCUT2D eigenvalue weighted by Crippen LogP contribution is 2.32. The molecule has 0 amide bonds. The summed E-state index contributed by atoms with van der Waals surface area (Å²) in [5, 5.41) is 3.60. The normalized spacial score (nSPS) is 32.1. The van der Waals surface area contributed by atoms with Gasteiger partial charge in [0.2, 0.25) is 0 Å². The van der Waals surface area contributed by atoms with Crippen LogP contribution in [0, 0.1) is 5.41 Å². The summed E-state index contributed by atoms with van der Waals surface area (Å²) in [6, 6.07) is 2.01. The summed E-state index contributed by atoms with van der Waals surface area (Å²) in [6.07, 6.45) is 6.45. The van der Waals surface area contributed by atoms with Crippen molar-refractivity contribution in [3.05, 3.63) is 0 Å². The Kier molecular flexibility index (Phi) is 4.51. The van der Waals surface area contributed by atoms with Crippen molar-refractivity contribution < 1.29 is 9.53 Å². The maximum Gasteiger partial charge on any atom is 0.312 e. The maximum atomic E-state index is 11.7. The van der Waals surface area contributed by atoms with Gasteiger partial charge in [0.15, 0.2) is 0 Å². The molecule has 0 saturated carbocycles. The van der Waals surface area contributed by atoms with E-state index in [2.05, 4.69) is 17.3 Å². The van der Waals surface area contributed by atoms with Crippen molar-refractivity contribution in [2.75, 3.05) is 20.7 Å². The predicted molar refractivity (Wildman–Crippen MR) is 76.0 cm³/mol. The molecule has 2 aliphatic heterocycles. The molecule has 4 heteroatoms. The van der Waals surface area contributed by atoms with Gasteiger partial charge in [-0.05, 0) is 46.6 Å². The van der Waals surface area contributed by atoms with Gasteiger partial charge in [0.1, 0.15) is 0 Å². The minimum absolute atomic E-state index is 0.131. The SMILES string of the molecule is COC(=O)C(C)(C)CNC1CC2CCCC(C1)N2C. The molecule has 2 saturated heterocycles. The van der Waals surface area contributed by atoms with Gasteiger partial charge in [-0.2, -0.15) is 0 Å². The molecule has 2 heterocycles. The summed E-state index contributed by atoms with van der Waals surface area (Å²) < 4.78 is 4.86. The molecule has 0 aromatic heterocycles. The Hall–Kier alpha value is -0.610. The Morgan fingerprint density at radius 1 is 1.32 bits per heavy atom. The first-order valence-corrected chi connectivity index (χ1v) is 7.48. The molecule has 4 nitrogen and oxygen atoms in total. The summed E-state index contributed by atoms with van der Waals surface area (Å²) in [6.45, 7) is 4.59. The molecule has 2 unspecified atom stereocenters. The summed E-state index contributed by atoms with van der Waals surface area (Å²) in [7, 11) is 3.73. The Morgan fingerprint density at radius 3 is 2.42 bits per heavy atom. The predicted octanol–water partition coefficient (Wildman–Crippen LogP) is 1.79. The third-order valence-corrected chi connectivity index (χ3v) is 4.91. The lowest BCUT2D eigenvalue weighted by Crippen LogP contribution is -2.55. The van der Waals surface area contributed by atoms with Crippen molar-refractivity contribution in [3.8, 4) is 0 Å². The average Bonchev–Trinajstić information content (AvgIpc) is 2.36. The van der Waals surface area contributed by atoms with Crippen molar-refractivity contribution in [2.24, 2.45) is 5.41 Å². The van der Waals surface area contributed by atoms with E-state index in [1.165, 1.54) is 39.2 Å². The van der Waals surface area contributed by atoms with Crippen LogP contribution in [0.15, 0.2) is 0 Å². The molecule has 2 rings (SSSR count). The van der Waals surface area contributed by atoms with Gasteiger partial charge in [-0.15, -0.1) is 0 Å². The molecule has 0 aromatic carbocycles. The van der Waals surface area contributed by atoms with Crippen LogP contribution >= 0.6 is 0 Å². The molecule has 0 radical (unpaired) electrons. The van der Waals surface area contributed by atoms with Gasteiger partial charge in [-0.1, -0.05) is 6.42 Å². The van der Waals surface area contributed by atoms with Crippen LogP contribution in [0.4, 0.5) is 0 Å². The third kappa shape index (κ3) is 3.29. The number of piperidine rings is 2. The van der Waals surface area contributed by atoms with Gasteiger partial charge in [0, 0.05) is 24.7 Å². The van der Waals surface area contributed by atoms with Crippen LogP contribution in [-0.4, -0.2) is 49.7 Å². The van der Waals surface area contributed by atoms with Crippen LogP contribution in [-0.2, 0) is 9.53 Å². The quantitative estimate of drug-likeness (QED) is 0.789. The minimum atomic E-state index is -0.437. The molecule has 1 N–H and O–H groups in total. The highest BCUT2D eigenvalue weighted by molar-refractivity contribution is 5.76. The van der Waals surface area contributed by atoms with E-state index in [4.69, 9.17) is 4.74 Å². The fraction of sp³-hybridized carbons (Fsp3) is 0.933. The fourth-order valence-electron chi connectivity index (χ4n) is 3.53. The lowest BCUT2D eigenvalue weighted by Gasteiger charge is -2.47.